The van der Waals surface area contributed by atoms with Crippen LogP contribution in [0.4, 0.5) is 5.69 Å². The van der Waals surface area contributed by atoms with E-state index in [9.17, 15) is 4.79 Å². The maximum atomic E-state index is 11.6. The average molecular weight is 538 g/mol. The molecule has 1 saturated heterocycles. The van der Waals surface area contributed by atoms with Crippen molar-refractivity contribution < 1.29 is 4.79 Å². The van der Waals surface area contributed by atoms with Crippen LogP contribution in [0, 0.1) is 0 Å². The van der Waals surface area contributed by atoms with Crippen LogP contribution in [0.3, 0.4) is 0 Å². The van der Waals surface area contributed by atoms with Crippen LogP contribution in [-0.4, -0.2) is 51.1 Å². The Labute approximate surface area is 181 Å². The lowest BCUT2D eigenvalue weighted by Crippen LogP contribution is -2.45. The van der Waals surface area contributed by atoms with Crippen molar-refractivity contribution >= 4 is 57.5 Å². The highest BCUT2D eigenvalue weighted by Crippen LogP contribution is 2.28. The third kappa shape index (κ3) is 7.30. The molecule has 1 aromatic rings. The van der Waals surface area contributed by atoms with E-state index >= 15 is 0 Å². The van der Waals surface area contributed by atoms with Crippen molar-refractivity contribution in [2.45, 2.75) is 32.2 Å². The van der Waals surface area contributed by atoms with Crippen molar-refractivity contribution in [1.29, 1.82) is 0 Å². The molecule has 1 fully saturated rings. The molecule has 8 heteroatoms. The standard InChI is InChI=1S/C18H28BrN5O.HI/c1-3-10-21-17(25)8-11-22-18(20-2)23-14-9-12-24(13-14)16-7-5-4-6-15(16)19;/h4-7,14H,3,8-13H2,1-2H3,(H,21,25)(H2,20,22,23);1H. The summed E-state index contributed by atoms with van der Waals surface area (Å²) < 4.78 is 1.12. The van der Waals surface area contributed by atoms with Crippen LogP contribution in [0.25, 0.3) is 0 Å². The summed E-state index contributed by atoms with van der Waals surface area (Å²) in [6, 6.07) is 8.63. The molecule has 1 heterocycles. The monoisotopic (exact) mass is 537 g/mol. The van der Waals surface area contributed by atoms with Gasteiger partial charge in [-0.25, -0.2) is 0 Å². The molecule has 0 aliphatic carbocycles. The number of nitrogens with one attached hydrogen (secondary N) is 3. The highest BCUT2D eigenvalue weighted by Gasteiger charge is 2.24. The lowest BCUT2D eigenvalue weighted by molar-refractivity contribution is -0.120. The van der Waals surface area contributed by atoms with Crippen LogP contribution in [0.2, 0.25) is 0 Å². The molecule has 2 rings (SSSR count). The summed E-state index contributed by atoms with van der Waals surface area (Å²) in [4.78, 5) is 18.3. The zero-order valence-corrected chi connectivity index (χ0v) is 19.3. The van der Waals surface area contributed by atoms with Crippen molar-refractivity contribution in [2.24, 2.45) is 4.99 Å². The Morgan fingerprint density at radius 1 is 1.31 bits per heavy atom. The molecule has 3 N–H and O–H groups in total. The zero-order chi connectivity index (χ0) is 18.1. The fourth-order valence-electron chi connectivity index (χ4n) is 2.84. The third-order valence-electron chi connectivity index (χ3n) is 4.16. The number of anilines is 1. The number of nitrogens with zero attached hydrogens (tertiary/aromatic N) is 2. The molecule has 1 unspecified atom stereocenters. The van der Waals surface area contributed by atoms with Gasteiger partial charge in [-0.15, -0.1) is 24.0 Å². The first-order valence-corrected chi connectivity index (χ1v) is 9.66. The normalized spacial score (nSPS) is 16.8. The predicted octanol–water partition coefficient (Wildman–Crippen LogP) is 2.73. The average Bonchev–Trinajstić information content (AvgIpc) is 3.07. The van der Waals surface area contributed by atoms with E-state index in [0.29, 0.717) is 19.0 Å². The van der Waals surface area contributed by atoms with Gasteiger partial charge in [0, 0.05) is 50.2 Å². The molecule has 6 nitrogen and oxygen atoms in total. The van der Waals surface area contributed by atoms with Gasteiger partial charge in [0.2, 0.25) is 5.91 Å². The number of carbonyl (C=O) groups is 1. The molecular weight excluding hydrogens is 509 g/mol. The van der Waals surface area contributed by atoms with E-state index in [1.807, 2.05) is 13.0 Å². The number of guanidine groups is 1. The molecule has 0 saturated carbocycles. The summed E-state index contributed by atoms with van der Waals surface area (Å²) in [5.41, 5.74) is 1.22. The van der Waals surface area contributed by atoms with Gasteiger partial charge in [-0.3, -0.25) is 9.79 Å². The molecule has 1 aliphatic heterocycles. The Hall–Kier alpha value is -1.03. The van der Waals surface area contributed by atoms with Gasteiger partial charge in [-0.2, -0.15) is 0 Å². The number of aliphatic imine (C=N–C) groups is 1. The third-order valence-corrected chi connectivity index (χ3v) is 4.83. The fraction of sp³-hybridized carbons (Fsp3) is 0.556. The number of halogens is 2. The van der Waals surface area contributed by atoms with Gasteiger partial charge in [-0.05, 0) is 40.9 Å². The molecule has 0 bridgehead atoms. The van der Waals surface area contributed by atoms with Crippen LogP contribution in [-0.2, 0) is 4.79 Å². The van der Waals surface area contributed by atoms with E-state index in [1.54, 1.807) is 7.05 Å². The summed E-state index contributed by atoms with van der Waals surface area (Å²) in [5, 5.41) is 9.55. The quantitative estimate of drug-likeness (QED) is 0.284. The molecule has 0 spiro atoms. The summed E-state index contributed by atoms with van der Waals surface area (Å²) in [5.74, 6) is 0.827. The van der Waals surface area contributed by atoms with E-state index in [1.165, 1.54) is 5.69 Å². The van der Waals surface area contributed by atoms with Gasteiger partial charge in [0.05, 0.1) is 5.69 Å². The van der Waals surface area contributed by atoms with E-state index in [4.69, 9.17) is 0 Å². The number of hydrogen-bond acceptors (Lipinski definition) is 3. The van der Waals surface area contributed by atoms with Gasteiger partial charge in [0.25, 0.3) is 0 Å². The highest BCUT2D eigenvalue weighted by molar-refractivity contribution is 14.0. The second kappa shape index (κ2) is 12.4. The van der Waals surface area contributed by atoms with Crippen molar-refractivity contribution in [3.8, 4) is 0 Å². The molecular formula is C18H29BrIN5O. The Balaban J connectivity index is 0.00000338. The van der Waals surface area contributed by atoms with Crippen LogP contribution < -0.4 is 20.9 Å². The number of rotatable bonds is 7. The number of benzene rings is 1. The first-order chi connectivity index (χ1) is 12.1. The predicted molar refractivity (Wildman–Crippen MR) is 123 cm³/mol. The molecule has 0 radical (unpaired) electrons. The van der Waals surface area contributed by atoms with Crippen molar-refractivity contribution in [3.05, 3.63) is 28.7 Å². The number of hydrogen-bond donors (Lipinski definition) is 3. The summed E-state index contributed by atoms with van der Waals surface area (Å²) in [7, 11) is 1.76. The fourth-order valence-corrected chi connectivity index (χ4v) is 3.38. The second-order valence-corrected chi connectivity index (χ2v) is 6.98. The molecule has 1 atom stereocenters. The molecule has 26 heavy (non-hydrogen) atoms. The van der Waals surface area contributed by atoms with Crippen LogP contribution >= 0.6 is 39.9 Å². The lowest BCUT2D eigenvalue weighted by Gasteiger charge is -2.21. The molecule has 1 aliphatic rings. The van der Waals surface area contributed by atoms with Gasteiger partial charge < -0.3 is 20.9 Å². The summed E-state index contributed by atoms with van der Waals surface area (Å²) >= 11 is 3.62. The Kier molecular flexibility index (Phi) is 11.0. The van der Waals surface area contributed by atoms with Crippen LogP contribution in [0.5, 0.6) is 0 Å². The number of carbonyl (C=O) groups excluding carboxylic acids is 1. The van der Waals surface area contributed by atoms with Gasteiger partial charge in [0.15, 0.2) is 5.96 Å². The van der Waals surface area contributed by atoms with E-state index in [2.05, 4.69) is 60.0 Å². The lowest BCUT2D eigenvalue weighted by atomic mass is 10.2. The minimum atomic E-state index is 0. The van der Waals surface area contributed by atoms with Gasteiger partial charge in [0.1, 0.15) is 0 Å². The van der Waals surface area contributed by atoms with Crippen molar-refractivity contribution in [1.82, 2.24) is 16.0 Å². The van der Waals surface area contributed by atoms with Crippen LogP contribution in [0.15, 0.2) is 33.7 Å². The Morgan fingerprint density at radius 3 is 2.77 bits per heavy atom. The minimum absolute atomic E-state index is 0. The second-order valence-electron chi connectivity index (χ2n) is 6.13. The minimum Gasteiger partial charge on any atom is -0.368 e. The maximum Gasteiger partial charge on any atom is 0.221 e. The van der Waals surface area contributed by atoms with Crippen molar-refractivity contribution in [2.75, 3.05) is 38.1 Å². The molecule has 146 valence electrons. The van der Waals surface area contributed by atoms with Crippen LogP contribution in [0.1, 0.15) is 26.2 Å². The Bertz CT molecular complexity index is 599. The first-order valence-electron chi connectivity index (χ1n) is 8.87. The maximum absolute atomic E-state index is 11.6. The van der Waals surface area contributed by atoms with Gasteiger partial charge in [-0.1, -0.05) is 19.1 Å². The van der Waals surface area contributed by atoms with E-state index in [-0.39, 0.29) is 29.9 Å². The van der Waals surface area contributed by atoms with E-state index in [0.717, 1.165) is 42.9 Å². The molecule has 1 amide bonds. The highest BCUT2D eigenvalue weighted by atomic mass is 127. The number of para-hydroxylation sites is 1. The molecule has 0 aromatic heterocycles. The van der Waals surface area contributed by atoms with E-state index < -0.39 is 0 Å². The largest absolute Gasteiger partial charge is 0.368 e. The van der Waals surface area contributed by atoms with Crippen molar-refractivity contribution in [3.63, 3.8) is 0 Å². The molecule has 1 aromatic carbocycles. The number of amides is 1. The SMILES string of the molecule is CCCNC(=O)CCNC(=NC)NC1CCN(c2ccccc2Br)C1.I. The van der Waals surface area contributed by atoms with Gasteiger partial charge >= 0.3 is 0 Å². The summed E-state index contributed by atoms with van der Waals surface area (Å²) in [6.45, 7) is 5.30. The first kappa shape index (κ1) is 23.0. The Morgan fingerprint density at radius 2 is 2.08 bits per heavy atom. The summed E-state index contributed by atoms with van der Waals surface area (Å²) in [6.07, 6.45) is 2.46. The smallest absolute Gasteiger partial charge is 0.221 e. The topological polar surface area (TPSA) is 68.8 Å². The zero-order valence-electron chi connectivity index (χ0n) is 15.4.